The second-order valence-electron chi connectivity index (χ2n) is 9.69. The number of ether oxygens (including phenoxy) is 2. The zero-order chi connectivity index (χ0) is 28.2. The topological polar surface area (TPSA) is 114 Å². The first kappa shape index (κ1) is 31.5. The van der Waals surface area contributed by atoms with Gasteiger partial charge in [-0.1, -0.05) is 57.9 Å². The Kier molecular flexibility index (Phi) is 12.7. The van der Waals surface area contributed by atoms with Crippen LogP contribution in [0.5, 0.6) is 0 Å². The first-order chi connectivity index (χ1) is 17.4. The highest BCUT2D eigenvalue weighted by Crippen LogP contribution is 2.24. The zero-order valence-corrected chi connectivity index (χ0v) is 23.1. The van der Waals surface area contributed by atoms with Crippen LogP contribution in [0.1, 0.15) is 78.5 Å². The normalized spacial score (nSPS) is 13.4. The minimum Gasteiger partial charge on any atom is -0.466 e. The Morgan fingerprint density at radius 2 is 1.70 bits per heavy atom. The fourth-order valence-corrected chi connectivity index (χ4v) is 3.50. The number of carbonyl (C=O) groups is 4. The van der Waals surface area contributed by atoms with Gasteiger partial charge >= 0.3 is 12.1 Å². The molecule has 0 radical (unpaired) electrons. The van der Waals surface area contributed by atoms with E-state index in [0.717, 1.165) is 16.9 Å². The Labute approximate surface area is 220 Å². The van der Waals surface area contributed by atoms with E-state index in [-0.39, 0.29) is 25.5 Å². The number of aryl methyl sites for hydroxylation is 1. The quantitative estimate of drug-likeness (QED) is 0.249. The van der Waals surface area contributed by atoms with Gasteiger partial charge in [-0.15, -0.1) is 0 Å². The highest BCUT2D eigenvalue weighted by Gasteiger charge is 2.37. The van der Waals surface area contributed by atoms with Gasteiger partial charge in [0.05, 0.1) is 13.0 Å². The molecule has 0 saturated carbocycles. The second-order valence-corrected chi connectivity index (χ2v) is 9.69. The number of hydrogen-bond donors (Lipinski definition) is 2. The van der Waals surface area contributed by atoms with Gasteiger partial charge in [0.1, 0.15) is 17.7 Å². The summed E-state index contributed by atoms with van der Waals surface area (Å²) < 4.78 is 10.2. The van der Waals surface area contributed by atoms with Crippen molar-refractivity contribution >= 4 is 23.9 Å². The Morgan fingerprint density at radius 1 is 1.08 bits per heavy atom. The van der Waals surface area contributed by atoms with Crippen molar-refractivity contribution in [2.45, 2.75) is 85.4 Å². The molecule has 0 aliphatic rings. The average Bonchev–Trinajstić information content (AvgIpc) is 2.84. The molecule has 9 heteroatoms. The molecule has 1 aromatic rings. The lowest BCUT2D eigenvalue weighted by Crippen LogP contribution is -2.54. The number of hydrogen-bond acceptors (Lipinski definition) is 6. The smallest absolute Gasteiger partial charge is 0.408 e. The van der Waals surface area contributed by atoms with Gasteiger partial charge in [0.2, 0.25) is 5.91 Å². The molecule has 204 valence electrons. The third kappa shape index (κ3) is 10.2. The van der Waals surface area contributed by atoms with Crippen LogP contribution in [0.15, 0.2) is 24.3 Å². The third-order valence-electron chi connectivity index (χ3n) is 5.67. The molecule has 1 aromatic carbocycles. The van der Waals surface area contributed by atoms with Crippen LogP contribution in [0.25, 0.3) is 0 Å². The van der Waals surface area contributed by atoms with Gasteiger partial charge in [-0.3, -0.25) is 19.3 Å². The summed E-state index contributed by atoms with van der Waals surface area (Å²) in [5.41, 5.74) is 0.784. The average molecular weight is 516 g/mol. The van der Waals surface area contributed by atoms with Crippen molar-refractivity contribution in [1.29, 1.82) is 0 Å². The van der Waals surface area contributed by atoms with Crippen LogP contribution in [0.2, 0.25) is 0 Å². The van der Waals surface area contributed by atoms with Gasteiger partial charge in [-0.05, 0) is 51.2 Å². The van der Waals surface area contributed by atoms with E-state index in [4.69, 9.17) is 15.9 Å². The summed E-state index contributed by atoms with van der Waals surface area (Å²) in [5.74, 6) is -1.92. The summed E-state index contributed by atoms with van der Waals surface area (Å²) in [6, 6.07) is 7.34. The van der Waals surface area contributed by atoms with Crippen molar-refractivity contribution in [1.82, 2.24) is 15.5 Å². The van der Waals surface area contributed by atoms with Gasteiger partial charge in [0.15, 0.2) is 0 Å². The molecule has 2 N–H and O–H groups in total. The molecule has 3 amide bonds. The number of carbonyl (C=O) groups excluding carboxylic acids is 4. The molecule has 0 fully saturated rings. The van der Waals surface area contributed by atoms with Crippen LogP contribution in [-0.4, -0.2) is 53.6 Å². The van der Waals surface area contributed by atoms with Crippen molar-refractivity contribution < 1.29 is 28.7 Å². The number of nitrogens with one attached hydrogen (secondary N) is 2. The summed E-state index contributed by atoms with van der Waals surface area (Å²) >= 11 is 0. The number of terminal acetylenes is 1. The highest BCUT2D eigenvalue weighted by atomic mass is 16.6. The van der Waals surface area contributed by atoms with Crippen molar-refractivity contribution in [3.05, 3.63) is 35.4 Å². The monoisotopic (exact) mass is 515 g/mol. The Morgan fingerprint density at radius 3 is 2.19 bits per heavy atom. The molecule has 1 rings (SSSR count). The first-order valence-electron chi connectivity index (χ1n) is 12.7. The molecule has 37 heavy (non-hydrogen) atoms. The number of alkyl carbamates (subject to hydrolysis) is 1. The molecular formula is C28H41N3O6. The minimum atomic E-state index is -1.18. The van der Waals surface area contributed by atoms with Crippen LogP contribution in [0, 0.1) is 18.4 Å². The minimum absolute atomic E-state index is 0.0127. The molecule has 0 aliphatic carbocycles. The second kappa shape index (κ2) is 14.9. The van der Waals surface area contributed by atoms with Gasteiger partial charge in [0, 0.05) is 12.6 Å². The Balaban J connectivity index is 3.33. The van der Waals surface area contributed by atoms with Crippen LogP contribution < -0.4 is 10.6 Å². The Bertz CT molecular complexity index is 962. The third-order valence-corrected chi connectivity index (χ3v) is 5.67. The zero-order valence-electron chi connectivity index (χ0n) is 23.1. The van der Waals surface area contributed by atoms with Crippen molar-refractivity contribution in [2.75, 3.05) is 13.2 Å². The SMILES string of the molecule is C#CN(C(=O)C(NC(=O)OC(C)(C)C)C(C)CC)C(C(=O)NCCC(=O)OCC)c1ccc(CC)cc1. The number of rotatable bonds is 12. The van der Waals surface area contributed by atoms with Crippen molar-refractivity contribution in [3.63, 3.8) is 0 Å². The molecule has 0 bridgehead atoms. The van der Waals surface area contributed by atoms with E-state index < -0.39 is 41.6 Å². The summed E-state index contributed by atoms with van der Waals surface area (Å²) in [5, 5.41) is 5.32. The summed E-state index contributed by atoms with van der Waals surface area (Å²) in [4.78, 5) is 52.3. The predicted octanol–water partition coefficient (Wildman–Crippen LogP) is 3.72. The lowest BCUT2D eigenvalue weighted by atomic mass is 9.95. The van der Waals surface area contributed by atoms with E-state index >= 15 is 0 Å². The van der Waals surface area contributed by atoms with Crippen molar-refractivity contribution in [2.24, 2.45) is 5.92 Å². The molecule has 0 aromatic heterocycles. The van der Waals surface area contributed by atoms with Crippen LogP contribution in [0.3, 0.4) is 0 Å². The summed E-state index contributed by atoms with van der Waals surface area (Å²) in [6.45, 7) is 12.8. The fraction of sp³-hybridized carbons (Fsp3) is 0.571. The summed E-state index contributed by atoms with van der Waals surface area (Å²) in [7, 11) is 0. The van der Waals surface area contributed by atoms with E-state index in [1.807, 2.05) is 26.0 Å². The van der Waals surface area contributed by atoms with E-state index in [1.54, 1.807) is 46.8 Å². The van der Waals surface area contributed by atoms with Gasteiger partial charge < -0.3 is 20.1 Å². The Hall–Kier alpha value is -3.54. The van der Waals surface area contributed by atoms with Gasteiger partial charge in [0.25, 0.3) is 5.91 Å². The largest absolute Gasteiger partial charge is 0.466 e. The molecule has 0 spiro atoms. The molecule has 0 saturated heterocycles. The predicted molar refractivity (Wildman–Crippen MR) is 141 cm³/mol. The highest BCUT2D eigenvalue weighted by molar-refractivity contribution is 5.93. The van der Waals surface area contributed by atoms with Crippen LogP contribution >= 0.6 is 0 Å². The standard InChI is InChI=1S/C28H41N3O6/c1-9-19(5)23(30-27(35)37-28(6,7)8)26(34)31(11-3)24(21-15-13-20(10-2)14-16-21)25(33)29-18-17-22(32)36-12-4/h3,13-16,19,23-24H,9-10,12,17-18H2,1-2,4-8H3,(H,29,33)(H,30,35). The fourth-order valence-electron chi connectivity index (χ4n) is 3.50. The maximum Gasteiger partial charge on any atom is 0.408 e. The molecule has 0 aliphatic heterocycles. The number of esters is 1. The van der Waals surface area contributed by atoms with Crippen LogP contribution in [-0.2, 0) is 30.3 Å². The molecule has 9 nitrogen and oxygen atoms in total. The number of nitrogens with zero attached hydrogens (tertiary/aromatic N) is 1. The van der Waals surface area contributed by atoms with E-state index in [1.165, 1.54) is 0 Å². The van der Waals surface area contributed by atoms with Gasteiger partial charge in [-0.25, -0.2) is 4.79 Å². The maximum atomic E-state index is 13.7. The van der Waals surface area contributed by atoms with E-state index in [9.17, 15) is 19.2 Å². The number of benzene rings is 1. The van der Waals surface area contributed by atoms with Gasteiger partial charge in [-0.2, -0.15) is 0 Å². The first-order valence-corrected chi connectivity index (χ1v) is 12.7. The van der Waals surface area contributed by atoms with Crippen LogP contribution in [0.4, 0.5) is 4.79 Å². The van der Waals surface area contributed by atoms with E-state index in [2.05, 4.69) is 16.7 Å². The van der Waals surface area contributed by atoms with Crippen molar-refractivity contribution in [3.8, 4) is 12.5 Å². The molecule has 3 unspecified atom stereocenters. The lowest BCUT2D eigenvalue weighted by Gasteiger charge is -2.32. The molecule has 3 atom stereocenters. The number of amides is 3. The van der Waals surface area contributed by atoms with E-state index in [0.29, 0.717) is 12.0 Å². The summed E-state index contributed by atoms with van der Waals surface area (Å²) in [6.07, 6.45) is 6.36. The maximum absolute atomic E-state index is 13.7. The lowest BCUT2D eigenvalue weighted by molar-refractivity contribution is -0.143. The molecular weight excluding hydrogens is 474 g/mol. The molecule has 0 heterocycles.